The first kappa shape index (κ1) is 20.3. The lowest BCUT2D eigenvalue weighted by atomic mass is 10.1. The zero-order valence-corrected chi connectivity index (χ0v) is 17.3. The number of aryl methyl sites for hydroxylation is 2. The number of aromatic nitrogens is 1. The van der Waals surface area contributed by atoms with Crippen molar-refractivity contribution in [3.05, 3.63) is 88.5 Å². The number of benzene rings is 2. The third-order valence-corrected chi connectivity index (χ3v) is 5.31. The average molecular weight is 417 g/mol. The molecule has 0 saturated carbocycles. The highest BCUT2D eigenvalue weighted by molar-refractivity contribution is 6.39. The number of barbiturate groups is 1. The smallest absolute Gasteiger partial charge is 0.318 e. The molecule has 0 spiro atoms. The quantitative estimate of drug-likeness (QED) is 0.513. The SMILES string of the molecule is Cc1ccccc1-n1c(C)cc(/C=C2\C(=O)NC(=O)N(c3ccc(F)cc3)C2=O)c1C. The molecule has 4 rings (SSSR count). The summed E-state index contributed by atoms with van der Waals surface area (Å²) >= 11 is 0. The van der Waals surface area contributed by atoms with Crippen LogP contribution >= 0.6 is 0 Å². The van der Waals surface area contributed by atoms with Crippen LogP contribution in [0, 0.1) is 26.6 Å². The summed E-state index contributed by atoms with van der Waals surface area (Å²) in [5, 5.41) is 2.18. The van der Waals surface area contributed by atoms with Crippen LogP contribution in [0.5, 0.6) is 0 Å². The van der Waals surface area contributed by atoms with Crippen molar-refractivity contribution in [2.24, 2.45) is 0 Å². The Hall–Kier alpha value is -4.00. The van der Waals surface area contributed by atoms with Gasteiger partial charge in [0.1, 0.15) is 11.4 Å². The zero-order valence-electron chi connectivity index (χ0n) is 17.3. The third-order valence-electron chi connectivity index (χ3n) is 5.31. The number of rotatable bonds is 3. The van der Waals surface area contributed by atoms with Gasteiger partial charge >= 0.3 is 6.03 Å². The molecule has 2 heterocycles. The van der Waals surface area contributed by atoms with Gasteiger partial charge in [-0.25, -0.2) is 14.1 Å². The highest BCUT2D eigenvalue weighted by Crippen LogP contribution is 2.27. The molecule has 0 radical (unpaired) electrons. The molecule has 1 saturated heterocycles. The van der Waals surface area contributed by atoms with Crippen LogP contribution in [0.3, 0.4) is 0 Å². The summed E-state index contributed by atoms with van der Waals surface area (Å²) in [6.45, 7) is 5.86. The van der Waals surface area contributed by atoms with Crippen molar-refractivity contribution >= 4 is 29.6 Å². The van der Waals surface area contributed by atoms with Gasteiger partial charge in [0.25, 0.3) is 11.8 Å². The molecule has 0 aliphatic carbocycles. The first-order valence-electron chi connectivity index (χ1n) is 9.70. The molecule has 156 valence electrons. The van der Waals surface area contributed by atoms with Gasteiger partial charge in [-0.3, -0.25) is 14.9 Å². The summed E-state index contributed by atoms with van der Waals surface area (Å²) in [5.74, 6) is -2.03. The molecule has 4 amide bonds. The van der Waals surface area contributed by atoms with Crippen molar-refractivity contribution in [1.82, 2.24) is 9.88 Å². The van der Waals surface area contributed by atoms with E-state index in [9.17, 15) is 18.8 Å². The Bertz CT molecular complexity index is 1260. The van der Waals surface area contributed by atoms with Gasteiger partial charge in [0.05, 0.1) is 5.69 Å². The highest BCUT2D eigenvalue weighted by Gasteiger charge is 2.37. The summed E-state index contributed by atoms with van der Waals surface area (Å²) in [5.41, 5.74) is 4.57. The molecule has 7 heteroatoms. The fraction of sp³-hybridized carbons (Fsp3) is 0.125. The largest absolute Gasteiger partial charge is 0.335 e. The average Bonchev–Trinajstić information content (AvgIpc) is 3.00. The van der Waals surface area contributed by atoms with E-state index in [0.29, 0.717) is 5.56 Å². The molecule has 1 aliphatic heterocycles. The van der Waals surface area contributed by atoms with Gasteiger partial charge in [0.15, 0.2) is 0 Å². The topological polar surface area (TPSA) is 71.4 Å². The van der Waals surface area contributed by atoms with Crippen molar-refractivity contribution in [3.8, 4) is 5.69 Å². The standard InChI is InChI=1S/C24H20FN3O3/c1-14-6-4-5-7-21(14)27-15(2)12-17(16(27)3)13-20-22(29)26-24(31)28(23(20)30)19-10-8-18(25)9-11-19/h4-13H,1-3H3,(H,26,29,31)/b20-13+. The maximum Gasteiger partial charge on any atom is 0.335 e. The number of anilines is 1. The van der Waals surface area contributed by atoms with Crippen molar-refractivity contribution in [3.63, 3.8) is 0 Å². The molecule has 0 bridgehead atoms. The van der Waals surface area contributed by atoms with Gasteiger partial charge in [0, 0.05) is 17.1 Å². The second kappa shape index (κ2) is 7.68. The van der Waals surface area contributed by atoms with Gasteiger partial charge < -0.3 is 4.57 Å². The van der Waals surface area contributed by atoms with E-state index in [1.54, 1.807) is 0 Å². The molecule has 31 heavy (non-hydrogen) atoms. The Labute approximate surface area is 178 Å². The lowest BCUT2D eigenvalue weighted by Gasteiger charge is -2.26. The lowest BCUT2D eigenvalue weighted by molar-refractivity contribution is -0.122. The molecule has 2 aromatic carbocycles. The monoisotopic (exact) mass is 417 g/mol. The van der Waals surface area contributed by atoms with Crippen LogP contribution in [0.1, 0.15) is 22.5 Å². The van der Waals surface area contributed by atoms with Crippen LogP contribution in [0.2, 0.25) is 0 Å². The molecule has 0 atom stereocenters. The Morgan fingerprint density at radius 2 is 1.61 bits per heavy atom. The van der Waals surface area contributed by atoms with Crippen LogP contribution in [-0.4, -0.2) is 22.4 Å². The van der Waals surface area contributed by atoms with Crippen LogP contribution in [0.15, 0.2) is 60.2 Å². The van der Waals surface area contributed by atoms with Crippen molar-refractivity contribution in [2.45, 2.75) is 20.8 Å². The predicted octanol–water partition coefficient (Wildman–Crippen LogP) is 4.21. The number of hydrogen-bond acceptors (Lipinski definition) is 3. The van der Waals surface area contributed by atoms with Crippen LogP contribution < -0.4 is 10.2 Å². The summed E-state index contributed by atoms with van der Waals surface area (Å²) in [7, 11) is 0. The number of nitrogens with one attached hydrogen (secondary N) is 1. The van der Waals surface area contributed by atoms with E-state index >= 15 is 0 Å². The summed E-state index contributed by atoms with van der Waals surface area (Å²) in [6.07, 6.45) is 1.48. The second-order valence-electron chi connectivity index (χ2n) is 7.38. The molecular weight excluding hydrogens is 397 g/mol. The molecule has 1 aliphatic rings. The minimum atomic E-state index is -0.871. The van der Waals surface area contributed by atoms with Gasteiger partial charge in [-0.15, -0.1) is 0 Å². The minimum absolute atomic E-state index is 0.172. The lowest BCUT2D eigenvalue weighted by Crippen LogP contribution is -2.54. The van der Waals surface area contributed by atoms with E-state index in [2.05, 4.69) is 9.88 Å². The van der Waals surface area contributed by atoms with Crippen LogP contribution in [0.25, 0.3) is 11.8 Å². The number of carbonyl (C=O) groups is 3. The molecule has 1 N–H and O–H groups in total. The van der Waals surface area contributed by atoms with E-state index in [1.165, 1.54) is 18.2 Å². The Balaban J connectivity index is 1.77. The number of carbonyl (C=O) groups excluding carboxylic acids is 3. The van der Waals surface area contributed by atoms with E-state index in [1.807, 2.05) is 51.1 Å². The van der Waals surface area contributed by atoms with E-state index < -0.39 is 23.7 Å². The normalized spacial score (nSPS) is 15.5. The van der Waals surface area contributed by atoms with Crippen molar-refractivity contribution in [1.29, 1.82) is 0 Å². The minimum Gasteiger partial charge on any atom is -0.318 e. The fourth-order valence-electron chi connectivity index (χ4n) is 3.76. The second-order valence-corrected chi connectivity index (χ2v) is 7.38. The molecule has 0 unspecified atom stereocenters. The molecular formula is C24H20FN3O3. The molecule has 6 nitrogen and oxygen atoms in total. The van der Waals surface area contributed by atoms with Crippen LogP contribution in [-0.2, 0) is 9.59 Å². The summed E-state index contributed by atoms with van der Waals surface area (Å²) < 4.78 is 15.3. The number of para-hydroxylation sites is 1. The number of imide groups is 2. The molecule has 1 fully saturated rings. The number of urea groups is 1. The maximum atomic E-state index is 13.3. The van der Waals surface area contributed by atoms with E-state index in [-0.39, 0.29) is 11.3 Å². The van der Waals surface area contributed by atoms with E-state index in [4.69, 9.17) is 0 Å². The maximum absolute atomic E-state index is 13.3. The highest BCUT2D eigenvalue weighted by atomic mass is 19.1. The number of nitrogens with zero attached hydrogens (tertiary/aromatic N) is 2. The van der Waals surface area contributed by atoms with Crippen molar-refractivity contribution < 1.29 is 18.8 Å². The van der Waals surface area contributed by atoms with Gasteiger partial charge in [-0.1, -0.05) is 18.2 Å². The summed E-state index contributed by atoms with van der Waals surface area (Å²) in [4.78, 5) is 38.6. The number of amides is 4. The Morgan fingerprint density at radius 1 is 0.935 bits per heavy atom. The summed E-state index contributed by atoms with van der Waals surface area (Å²) in [6, 6.07) is 13.8. The molecule has 1 aromatic heterocycles. The Morgan fingerprint density at radius 3 is 2.29 bits per heavy atom. The zero-order chi connectivity index (χ0) is 22.3. The van der Waals surface area contributed by atoms with Gasteiger partial charge in [-0.05, 0) is 74.4 Å². The van der Waals surface area contributed by atoms with Crippen molar-refractivity contribution in [2.75, 3.05) is 4.90 Å². The molecule has 3 aromatic rings. The predicted molar refractivity (Wildman–Crippen MR) is 115 cm³/mol. The fourth-order valence-corrected chi connectivity index (χ4v) is 3.76. The van der Waals surface area contributed by atoms with Gasteiger partial charge in [-0.2, -0.15) is 0 Å². The van der Waals surface area contributed by atoms with Gasteiger partial charge in [0.2, 0.25) is 0 Å². The van der Waals surface area contributed by atoms with E-state index in [0.717, 1.165) is 39.7 Å². The number of hydrogen-bond donors (Lipinski definition) is 1. The first-order valence-corrected chi connectivity index (χ1v) is 9.70. The first-order chi connectivity index (χ1) is 14.8. The number of halogens is 1. The third kappa shape index (κ3) is 3.54. The van der Waals surface area contributed by atoms with Crippen LogP contribution in [0.4, 0.5) is 14.9 Å². The Kier molecular flexibility index (Phi) is 5.02.